The molecule has 0 saturated carbocycles. The summed E-state index contributed by atoms with van der Waals surface area (Å²) >= 11 is 0. The lowest BCUT2D eigenvalue weighted by Crippen LogP contribution is -2.39. The largest absolute Gasteiger partial charge is 0.338 e. The van der Waals surface area contributed by atoms with Gasteiger partial charge >= 0.3 is 0 Å². The summed E-state index contributed by atoms with van der Waals surface area (Å²) in [5.74, 6) is 1.07. The van der Waals surface area contributed by atoms with Crippen LogP contribution in [-0.4, -0.2) is 44.2 Å². The average Bonchev–Trinajstić information content (AvgIpc) is 3.26. The molecule has 1 aromatic carbocycles. The van der Waals surface area contributed by atoms with Crippen molar-refractivity contribution in [3.8, 4) is 0 Å². The van der Waals surface area contributed by atoms with Crippen molar-refractivity contribution >= 4 is 23.1 Å². The van der Waals surface area contributed by atoms with E-state index in [2.05, 4.69) is 10.3 Å². The van der Waals surface area contributed by atoms with Crippen LogP contribution in [0.15, 0.2) is 73.1 Å². The lowest BCUT2D eigenvalue weighted by molar-refractivity contribution is 0.0704. The Kier molecular flexibility index (Phi) is 5.60. The molecule has 0 bridgehead atoms. The van der Waals surface area contributed by atoms with Crippen molar-refractivity contribution in [1.29, 1.82) is 0 Å². The van der Waals surface area contributed by atoms with Crippen LogP contribution in [0.5, 0.6) is 0 Å². The third kappa shape index (κ3) is 4.22. The van der Waals surface area contributed by atoms with E-state index in [9.17, 15) is 9.59 Å². The lowest BCUT2D eigenvalue weighted by Gasteiger charge is -2.32. The van der Waals surface area contributed by atoms with Crippen LogP contribution in [0.2, 0.25) is 0 Å². The van der Waals surface area contributed by atoms with Crippen molar-refractivity contribution in [2.75, 3.05) is 18.4 Å². The van der Waals surface area contributed by atoms with Crippen LogP contribution in [0.4, 0.5) is 5.82 Å². The topological polar surface area (TPSA) is 79.6 Å². The number of carbonyl (C=O) groups excluding carboxylic acids is 2. The molecule has 1 aliphatic heterocycles. The molecule has 0 aliphatic carbocycles. The van der Waals surface area contributed by atoms with E-state index in [-0.39, 0.29) is 17.7 Å². The predicted octanol–water partition coefficient (Wildman–Crippen LogP) is 4.31. The van der Waals surface area contributed by atoms with E-state index < -0.39 is 0 Å². The van der Waals surface area contributed by atoms with E-state index in [0.717, 1.165) is 36.3 Å². The number of carbonyl (C=O) groups is 2. The second-order valence-corrected chi connectivity index (χ2v) is 8.41. The number of anilines is 1. The second kappa shape index (κ2) is 8.86. The quantitative estimate of drug-likeness (QED) is 0.514. The monoisotopic (exact) mass is 439 g/mol. The van der Waals surface area contributed by atoms with Gasteiger partial charge in [-0.3, -0.25) is 9.59 Å². The number of benzene rings is 1. The summed E-state index contributed by atoms with van der Waals surface area (Å²) in [6.07, 6.45) is 5.44. The summed E-state index contributed by atoms with van der Waals surface area (Å²) in [7, 11) is 0. The van der Waals surface area contributed by atoms with Gasteiger partial charge in [0.25, 0.3) is 11.8 Å². The Hall–Kier alpha value is -4.00. The van der Waals surface area contributed by atoms with Crippen LogP contribution in [0, 0.1) is 6.92 Å². The first-order valence-electron chi connectivity index (χ1n) is 11.2. The van der Waals surface area contributed by atoms with Gasteiger partial charge in [-0.15, -0.1) is 0 Å². The molecule has 1 atom stereocenters. The number of nitrogens with one attached hydrogen (secondary N) is 1. The summed E-state index contributed by atoms with van der Waals surface area (Å²) in [6.45, 7) is 3.24. The van der Waals surface area contributed by atoms with Crippen molar-refractivity contribution in [2.24, 2.45) is 0 Å². The number of hydrogen-bond acceptors (Lipinski definition) is 4. The Morgan fingerprint density at radius 2 is 1.85 bits per heavy atom. The number of pyridine rings is 2. The minimum absolute atomic E-state index is 0.0320. The second-order valence-electron chi connectivity index (χ2n) is 8.41. The van der Waals surface area contributed by atoms with Gasteiger partial charge in [-0.1, -0.05) is 30.3 Å². The number of amides is 2. The zero-order valence-corrected chi connectivity index (χ0v) is 18.4. The van der Waals surface area contributed by atoms with Crippen molar-refractivity contribution in [2.45, 2.75) is 25.7 Å². The molecule has 5 rings (SSSR count). The third-order valence-electron chi connectivity index (χ3n) is 6.04. The fourth-order valence-electron chi connectivity index (χ4n) is 4.37. The molecule has 4 heterocycles. The van der Waals surface area contributed by atoms with Gasteiger partial charge in [0.2, 0.25) is 0 Å². The van der Waals surface area contributed by atoms with Gasteiger partial charge in [0.15, 0.2) is 5.69 Å². The van der Waals surface area contributed by atoms with Crippen LogP contribution in [0.3, 0.4) is 0 Å². The summed E-state index contributed by atoms with van der Waals surface area (Å²) in [6, 6.07) is 18.8. The van der Waals surface area contributed by atoms with E-state index >= 15 is 0 Å². The molecule has 2 amide bonds. The summed E-state index contributed by atoms with van der Waals surface area (Å²) in [5.41, 5.74) is 2.81. The minimum atomic E-state index is -0.297. The van der Waals surface area contributed by atoms with Crippen molar-refractivity contribution in [1.82, 2.24) is 19.3 Å². The molecule has 3 aromatic heterocycles. The number of hydrogen-bond donors (Lipinski definition) is 1. The predicted molar refractivity (Wildman–Crippen MR) is 126 cm³/mol. The average molecular weight is 440 g/mol. The van der Waals surface area contributed by atoms with Gasteiger partial charge < -0.3 is 14.6 Å². The number of fused-ring (bicyclic) bond motifs is 1. The molecule has 166 valence electrons. The summed E-state index contributed by atoms with van der Waals surface area (Å²) < 4.78 is 1.97. The maximum absolute atomic E-state index is 13.1. The molecule has 0 radical (unpaired) electrons. The summed E-state index contributed by atoms with van der Waals surface area (Å²) in [5, 5.41) is 2.85. The molecule has 1 saturated heterocycles. The van der Waals surface area contributed by atoms with Crippen molar-refractivity contribution < 1.29 is 9.59 Å². The highest BCUT2D eigenvalue weighted by Gasteiger charge is 2.30. The van der Waals surface area contributed by atoms with Crippen LogP contribution in [0.1, 0.15) is 51.0 Å². The molecular weight excluding hydrogens is 414 g/mol. The molecule has 1 N–H and O–H groups in total. The van der Waals surface area contributed by atoms with Crippen molar-refractivity contribution in [3.63, 3.8) is 0 Å². The Labute approximate surface area is 192 Å². The van der Waals surface area contributed by atoms with Crippen LogP contribution >= 0.6 is 0 Å². The summed E-state index contributed by atoms with van der Waals surface area (Å²) in [4.78, 5) is 37.0. The number of nitrogens with zero attached hydrogens (tertiary/aromatic N) is 4. The molecule has 0 spiro atoms. The maximum Gasteiger partial charge on any atom is 0.277 e. The van der Waals surface area contributed by atoms with Crippen LogP contribution in [-0.2, 0) is 0 Å². The number of piperidine rings is 1. The maximum atomic E-state index is 13.1. The molecule has 33 heavy (non-hydrogen) atoms. The van der Waals surface area contributed by atoms with E-state index in [4.69, 9.17) is 4.98 Å². The first kappa shape index (κ1) is 20.9. The zero-order chi connectivity index (χ0) is 22.8. The standard InChI is InChI=1S/C26H25N5O2/c1-18-12-13-22(27-16-18)28-25(32)23-21-11-5-6-15-31(21)24(29-23)20-10-7-14-30(17-20)26(33)19-8-3-2-4-9-19/h2-6,8-9,11-13,15-16,20H,7,10,14,17H2,1H3,(H,27,28,32)/t20-/m1/s1. The normalized spacial score (nSPS) is 16.0. The van der Waals surface area contributed by atoms with Gasteiger partial charge in [-0.25, -0.2) is 9.97 Å². The van der Waals surface area contributed by atoms with Gasteiger partial charge in [-0.2, -0.15) is 0 Å². The Bertz CT molecular complexity index is 1300. The van der Waals surface area contributed by atoms with E-state index in [0.29, 0.717) is 23.6 Å². The van der Waals surface area contributed by atoms with Crippen LogP contribution < -0.4 is 5.32 Å². The fourth-order valence-corrected chi connectivity index (χ4v) is 4.37. The Morgan fingerprint density at radius 1 is 1.03 bits per heavy atom. The number of imidazole rings is 1. The first-order valence-corrected chi connectivity index (χ1v) is 11.2. The zero-order valence-electron chi connectivity index (χ0n) is 18.4. The van der Waals surface area contributed by atoms with Gasteiger partial charge in [0.1, 0.15) is 11.6 Å². The lowest BCUT2D eigenvalue weighted by atomic mass is 9.96. The highest BCUT2D eigenvalue weighted by Crippen LogP contribution is 2.29. The highest BCUT2D eigenvalue weighted by molar-refractivity contribution is 6.07. The number of aromatic nitrogens is 3. The minimum Gasteiger partial charge on any atom is -0.338 e. The number of aryl methyl sites for hydroxylation is 1. The van der Waals surface area contributed by atoms with E-state index in [1.807, 2.05) is 77.0 Å². The van der Waals surface area contributed by atoms with Crippen molar-refractivity contribution in [3.05, 3.63) is 95.7 Å². The van der Waals surface area contributed by atoms with Crippen LogP contribution in [0.25, 0.3) is 5.52 Å². The molecule has 7 nitrogen and oxygen atoms in total. The molecule has 7 heteroatoms. The number of likely N-dealkylation sites (tertiary alicyclic amines) is 1. The van der Waals surface area contributed by atoms with E-state index in [1.54, 1.807) is 12.3 Å². The number of rotatable bonds is 4. The Morgan fingerprint density at radius 3 is 2.64 bits per heavy atom. The van der Waals surface area contributed by atoms with E-state index in [1.165, 1.54) is 0 Å². The molecule has 1 fully saturated rings. The molecule has 4 aromatic rings. The molecule has 1 aliphatic rings. The van der Waals surface area contributed by atoms with Gasteiger partial charge in [0.05, 0.1) is 5.52 Å². The SMILES string of the molecule is Cc1ccc(NC(=O)c2nc([C@@H]3CCCN(C(=O)c4ccccc4)C3)n3ccccc23)nc1. The van der Waals surface area contributed by atoms with Gasteiger partial charge in [0, 0.05) is 37.0 Å². The fraction of sp³-hybridized carbons (Fsp3) is 0.231. The first-order chi connectivity index (χ1) is 16.1. The van der Waals surface area contributed by atoms with Gasteiger partial charge in [-0.05, 0) is 55.7 Å². The Balaban J connectivity index is 1.43. The third-order valence-corrected chi connectivity index (χ3v) is 6.04. The molecular formula is C26H25N5O2. The highest BCUT2D eigenvalue weighted by atomic mass is 16.2. The smallest absolute Gasteiger partial charge is 0.277 e. The molecule has 0 unspecified atom stereocenters.